The molecule has 4 heteroatoms. The average Bonchev–Trinajstić information content (AvgIpc) is 3.05. The van der Waals surface area contributed by atoms with Crippen molar-refractivity contribution >= 4 is 16.9 Å². The van der Waals surface area contributed by atoms with Gasteiger partial charge in [-0.3, -0.25) is 4.79 Å². The van der Waals surface area contributed by atoms with Crippen LogP contribution in [0.1, 0.15) is 31.2 Å². The summed E-state index contributed by atoms with van der Waals surface area (Å²) in [6, 6.07) is 6.03. The van der Waals surface area contributed by atoms with Gasteiger partial charge in [-0.05, 0) is 30.5 Å². The summed E-state index contributed by atoms with van der Waals surface area (Å²) in [5, 5.41) is 3.02. The van der Waals surface area contributed by atoms with E-state index in [0.717, 1.165) is 29.4 Å². The van der Waals surface area contributed by atoms with E-state index in [0.29, 0.717) is 6.54 Å². The van der Waals surface area contributed by atoms with Gasteiger partial charge in [-0.15, -0.1) is 0 Å². The van der Waals surface area contributed by atoms with Gasteiger partial charge in [0.05, 0.1) is 17.4 Å². The molecule has 0 bridgehead atoms. The molecule has 1 aliphatic carbocycles. The Labute approximate surface area is 106 Å². The smallest absolute Gasteiger partial charge is 0.223 e. The summed E-state index contributed by atoms with van der Waals surface area (Å²) in [6.07, 6.45) is 6.17. The molecule has 0 aliphatic heterocycles. The van der Waals surface area contributed by atoms with Crippen molar-refractivity contribution in [3.05, 3.63) is 30.1 Å². The summed E-state index contributed by atoms with van der Waals surface area (Å²) in [6.45, 7) is 0.601. The number of hydrogen-bond acceptors (Lipinski definition) is 2. The topological polar surface area (TPSA) is 57.8 Å². The Morgan fingerprint density at radius 3 is 3.06 bits per heavy atom. The highest BCUT2D eigenvalue weighted by Crippen LogP contribution is 2.24. The molecule has 0 spiro atoms. The first-order valence-corrected chi connectivity index (χ1v) is 6.52. The number of aromatic amines is 1. The zero-order valence-electron chi connectivity index (χ0n) is 10.3. The Kier molecular flexibility index (Phi) is 3.00. The average molecular weight is 243 g/mol. The number of rotatable bonds is 3. The number of H-pyrrole nitrogens is 1. The van der Waals surface area contributed by atoms with Gasteiger partial charge in [-0.2, -0.15) is 0 Å². The minimum Gasteiger partial charge on any atom is -0.352 e. The van der Waals surface area contributed by atoms with E-state index in [4.69, 9.17) is 0 Å². The lowest BCUT2D eigenvalue weighted by Crippen LogP contribution is -2.28. The molecule has 0 atom stereocenters. The third-order valence-corrected chi connectivity index (χ3v) is 3.68. The van der Waals surface area contributed by atoms with Gasteiger partial charge in [0, 0.05) is 12.5 Å². The molecule has 2 N–H and O–H groups in total. The molecule has 0 radical (unpaired) electrons. The molecule has 1 aromatic heterocycles. The van der Waals surface area contributed by atoms with Crippen LogP contribution in [0.15, 0.2) is 24.5 Å². The van der Waals surface area contributed by atoms with E-state index in [1.165, 1.54) is 12.8 Å². The normalized spacial score (nSPS) is 16.2. The van der Waals surface area contributed by atoms with Crippen molar-refractivity contribution in [1.29, 1.82) is 0 Å². The van der Waals surface area contributed by atoms with Crippen molar-refractivity contribution in [2.75, 3.05) is 0 Å². The molecule has 4 nitrogen and oxygen atoms in total. The van der Waals surface area contributed by atoms with Gasteiger partial charge in [0.1, 0.15) is 0 Å². The number of nitrogens with zero attached hydrogens (tertiary/aromatic N) is 1. The van der Waals surface area contributed by atoms with Crippen LogP contribution in [0.5, 0.6) is 0 Å². The summed E-state index contributed by atoms with van der Waals surface area (Å²) in [7, 11) is 0. The zero-order valence-corrected chi connectivity index (χ0v) is 10.3. The highest BCUT2D eigenvalue weighted by molar-refractivity contribution is 5.79. The molecule has 0 saturated heterocycles. The van der Waals surface area contributed by atoms with Gasteiger partial charge < -0.3 is 10.3 Å². The van der Waals surface area contributed by atoms with Crippen LogP contribution in [0.25, 0.3) is 11.0 Å². The standard InChI is InChI=1S/C14H17N3O/c18-14(11-3-1-2-4-11)15-8-10-5-6-12-13(7-10)17-9-16-12/h5-7,9,11H,1-4,8H2,(H,15,18)(H,16,17). The Hall–Kier alpha value is -1.84. The summed E-state index contributed by atoms with van der Waals surface area (Å²) < 4.78 is 0. The minimum atomic E-state index is 0.206. The van der Waals surface area contributed by atoms with Crippen molar-refractivity contribution < 1.29 is 4.79 Å². The van der Waals surface area contributed by atoms with E-state index < -0.39 is 0 Å². The molecule has 1 aromatic carbocycles. The van der Waals surface area contributed by atoms with E-state index in [9.17, 15) is 4.79 Å². The predicted molar refractivity (Wildman–Crippen MR) is 69.9 cm³/mol. The molecule has 1 saturated carbocycles. The van der Waals surface area contributed by atoms with Crippen molar-refractivity contribution in [1.82, 2.24) is 15.3 Å². The summed E-state index contributed by atoms with van der Waals surface area (Å²) >= 11 is 0. The Bertz CT molecular complexity index is 555. The van der Waals surface area contributed by atoms with Crippen LogP contribution in [0, 0.1) is 5.92 Å². The van der Waals surface area contributed by atoms with Gasteiger partial charge >= 0.3 is 0 Å². The summed E-state index contributed by atoms with van der Waals surface area (Å²) in [5.41, 5.74) is 3.08. The van der Waals surface area contributed by atoms with E-state index in [2.05, 4.69) is 15.3 Å². The van der Waals surface area contributed by atoms with Crippen LogP contribution < -0.4 is 5.32 Å². The van der Waals surface area contributed by atoms with E-state index >= 15 is 0 Å². The number of fused-ring (bicyclic) bond motifs is 1. The maximum absolute atomic E-state index is 11.9. The molecular formula is C14H17N3O. The number of carbonyl (C=O) groups excluding carboxylic acids is 1. The van der Waals surface area contributed by atoms with E-state index in [-0.39, 0.29) is 11.8 Å². The minimum absolute atomic E-state index is 0.206. The highest BCUT2D eigenvalue weighted by atomic mass is 16.1. The second kappa shape index (κ2) is 4.80. The number of aromatic nitrogens is 2. The molecule has 1 amide bonds. The molecule has 1 fully saturated rings. The maximum Gasteiger partial charge on any atom is 0.223 e. The van der Waals surface area contributed by atoms with Crippen molar-refractivity contribution in [2.24, 2.45) is 5.92 Å². The Morgan fingerprint density at radius 2 is 2.22 bits per heavy atom. The number of imidazole rings is 1. The largest absolute Gasteiger partial charge is 0.352 e. The number of benzene rings is 1. The van der Waals surface area contributed by atoms with E-state index in [1.54, 1.807) is 6.33 Å². The van der Waals surface area contributed by atoms with Crippen molar-refractivity contribution in [2.45, 2.75) is 32.2 Å². The second-order valence-corrected chi connectivity index (χ2v) is 4.95. The van der Waals surface area contributed by atoms with Crippen LogP contribution in [-0.4, -0.2) is 15.9 Å². The first-order chi connectivity index (χ1) is 8.83. The van der Waals surface area contributed by atoms with Crippen molar-refractivity contribution in [3.8, 4) is 0 Å². The lowest BCUT2D eigenvalue weighted by molar-refractivity contribution is -0.124. The molecule has 1 heterocycles. The van der Waals surface area contributed by atoms with Crippen LogP contribution in [0.4, 0.5) is 0 Å². The SMILES string of the molecule is O=C(NCc1ccc2nc[nH]c2c1)C1CCCC1. The molecule has 3 rings (SSSR count). The quantitative estimate of drug-likeness (QED) is 0.869. The third-order valence-electron chi connectivity index (χ3n) is 3.68. The van der Waals surface area contributed by atoms with Gasteiger partial charge in [0.15, 0.2) is 0 Å². The van der Waals surface area contributed by atoms with E-state index in [1.807, 2.05) is 18.2 Å². The van der Waals surface area contributed by atoms with Crippen molar-refractivity contribution in [3.63, 3.8) is 0 Å². The van der Waals surface area contributed by atoms with Crippen LogP contribution >= 0.6 is 0 Å². The fourth-order valence-corrected chi connectivity index (χ4v) is 2.61. The van der Waals surface area contributed by atoms with Crippen LogP contribution in [-0.2, 0) is 11.3 Å². The molecule has 2 aromatic rings. The highest BCUT2D eigenvalue weighted by Gasteiger charge is 2.22. The maximum atomic E-state index is 11.9. The van der Waals surface area contributed by atoms with Gasteiger partial charge in [-0.25, -0.2) is 4.98 Å². The van der Waals surface area contributed by atoms with Crippen LogP contribution in [0.2, 0.25) is 0 Å². The lowest BCUT2D eigenvalue weighted by Gasteiger charge is -2.10. The Balaban J connectivity index is 1.63. The fourth-order valence-electron chi connectivity index (χ4n) is 2.61. The first kappa shape index (κ1) is 11.3. The summed E-state index contributed by atoms with van der Waals surface area (Å²) in [4.78, 5) is 19.2. The molecule has 0 unspecified atom stereocenters. The third kappa shape index (κ3) is 2.23. The Morgan fingerprint density at radius 1 is 1.39 bits per heavy atom. The molecular weight excluding hydrogens is 226 g/mol. The van der Waals surface area contributed by atoms with Gasteiger partial charge in [0.2, 0.25) is 5.91 Å². The second-order valence-electron chi connectivity index (χ2n) is 4.95. The molecule has 1 aliphatic rings. The van der Waals surface area contributed by atoms with Gasteiger partial charge in [0.25, 0.3) is 0 Å². The number of hydrogen-bond donors (Lipinski definition) is 2. The summed E-state index contributed by atoms with van der Waals surface area (Å²) in [5.74, 6) is 0.443. The van der Waals surface area contributed by atoms with Crippen LogP contribution in [0.3, 0.4) is 0 Å². The molecule has 94 valence electrons. The molecule has 18 heavy (non-hydrogen) atoms. The fraction of sp³-hybridized carbons (Fsp3) is 0.429. The predicted octanol–water partition coefficient (Wildman–Crippen LogP) is 2.37. The van der Waals surface area contributed by atoms with Gasteiger partial charge in [-0.1, -0.05) is 18.9 Å². The lowest BCUT2D eigenvalue weighted by atomic mass is 10.1. The monoisotopic (exact) mass is 243 g/mol. The number of nitrogens with one attached hydrogen (secondary N) is 2. The zero-order chi connectivity index (χ0) is 12.4. The number of amides is 1. The number of carbonyl (C=O) groups is 1. The first-order valence-electron chi connectivity index (χ1n) is 6.52.